The molecule has 0 unspecified atom stereocenters. The number of benzene rings is 1. The van der Waals surface area contributed by atoms with Crippen LogP contribution in [-0.4, -0.2) is 28.9 Å². The van der Waals surface area contributed by atoms with Gasteiger partial charge in [-0.2, -0.15) is 0 Å². The fraction of sp³-hybridized carbons (Fsp3) is 0.429. The molecule has 3 rings (SSSR count). The summed E-state index contributed by atoms with van der Waals surface area (Å²) in [5.74, 6) is 0.720. The van der Waals surface area contributed by atoms with Gasteiger partial charge in [0.2, 0.25) is 0 Å². The Kier molecular flexibility index (Phi) is 5.82. The Labute approximate surface area is 150 Å². The Bertz CT molecular complexity index is 721. The van der Waals surface area contributed by atoms with Crippen LogP contribution in [0.3, 0.4) is 0 Å². The number of hydrogen-bond acceptors (Lipinski definition) is 3. The number of likely N-dealkylation sites (tertiary alicyclic amines) is 1. The third-order valence-corrected chi connectivity index (χ3v) is 4.95. The minimum absolute atomic E-state index is 0.120. The van der Waals surface area contributed by atoms with Crippen LogP contribution >= 0.6 is 0 Å². The molecule has 1 fully saturated rings. The third kappa shape index (κ3) is 4.89. The molecule has 1 aromatic carbocycles. The molecule has 2 aromatic rings. The summed E-state index contributed by atoms with van der Waals surface area (Å²) >= 11 is 0. The number of piperidine rings is 1. The quantitative estimate of drug-likeness (QED) is 0.907. The van der Waals surface area contributed by atoms with E-state index < -0.39 is 0 Å². The predicted octanol–water partition coefficient (Wildman–Crippen LogP) is 3.55. The number of amides is 1. The zero-order chi connectivity index (χ0) is 17.6. The number of hydrogen-bond donors (Lipinski definition) is 1. The number of aromatic nitrogens is 1. The Morgan fingerprint density at radius 1 is 1.12 bits per heavy atom. The van der Waals surface area contributed by atoms with Crippen LogP contribution < -0.4 is 5.32 Å². The third-order valence-electron chi connectivity index (χ3n) is 4.95. The lowest BCUT2D eigenvalue weighted by atomic mass is 9.98. The molecule has 0 atom stereocenters. The zero-order valence-electron chi connectivity index (χ0n) is 15.2. The highest BCUT2D eigenvalue weighted by Gasteiger charge is 2.17. The first-order valence-corrected chi connectivity index (χ1v) is 9.13. The fourth-order valence-electron chi connectivity index (χ4n) is 3.28. The lowest BCUT2D eigenvalue weighted by Crippen LogP contribution is -2.33. The van der Waals surface area contributed by atoms with Gasteiger partial charge in [-0.3, -0.25) is 9.69 Å². The van der Waals surface area contributed by atoms with E-state index in [9.17, 15) is 4.79 Å². The smallest absolute Gasteiger partial charge is 0.270 e. The topological polar surface area (TPSA) is 45.2 Å². The van der Waals surface area contributed by atoms with Gasteiger partial charge in [0.05, 0.1) is 0 Å². The summed E-state index contributed by atoms with van der Waals surface area (Å²) in [7, 11) is 0. The van der Waals surface area contributed by atoms with Crippen LogP contribution in [0.5, 0.6) is 0 Å². The second-order valence-electron chi connectivity index (χ2n) is 7.07. The van der Waals surface area contributed by atoms with Crippen molar-refractivity contribution in [3.8, 4) is 0 Å². The minimum Gasteiger partial charge on any atom is -0.347 e. The van der Waals surface area contributed by atoms with Gasteiger partial charge in [0, 0.05) is 18.8 Å². The average Bonchev–Trinajstić information content (AvgIpc) is 2.62. The van der Waals surface area contributed by atoms with Crippen molar-refractivity contribution < 1.29 is 4.79 Å². The first-order valence-electron chi connectivity index (χ1n) is 9.13. The van der Waals surface area contributed by atoms with Gasteiger partial charge in [-0.25, -0.2) is 4.98 Å². The van der Waals surface area contributed by atoms with Gasteiger partial charge in [0.25, 0.3) is 5.91 Å². The molecule has 1 aromatic heterocycles. The van der Waals surface area contributed by atoms with Gasteiger partial charge < -0.3 is 5.32 Å². The van der Waals surface area contributed by atoms with Crippen molar-refractivity contribution >= 4 is 5.91 Å². The molecule has 4 heteroatoms. The summed E-state index contributed by atoms with van der Waals surface area (Å²) in [6.45, 7) is 8.05. The number of pyridine rings is 1. The van der Waals surface area contributed by atoms with Crippen LogP contribution in [-0.2, 0) is 13.1 Å². The van der Waals surface area contributed by atoms with E-state index in [-0.39, 0.29) is 5.91 Å². The van der Waals surface area contributed by atoms with Gasteiger partial charge in [-0.1, -0.05) is 37.3 Å². The van der Waals surface area contributed by atoms with Gasteiger partial charge in [0.1, 0.15) is 5.69 Å². The van der Waals surface area contributed by atoms with E-state index >= 15 is 0 Å². The average molecular weight is 337 g/mol. The Balaban J connectivity index is 1.62. The van der Waals surface area contributed by atoms with Crippen LogP contribution in [0.2, 0.25) is 0 Å². The van der Waals surface area contributed by atoms with Crippen molar-refractivity contribution in [3.05, 3.63) is 65.0 Å². The summed E-state index contributed by atoms with van der Waals surface area (Å²) in [5.41, 5.74) is 3.81. The van der Waals surface area contributed by atoms with E-state index in [1.165, 1.54) is 24.0 Å². The minimum atomic E-state index is -0.120. The molecule has 1 saturated heterocycles. The molecule has 0 saturated carbocycles. The van der Waals surface area contributed by atoms with E-state index in [1.54, 1.807) is 6.07 Å². The normalized spacial score (nSPS) is 15.9. The van der Waals surface area contributed by atoms with Gasteiger partial charge >= 0.3 is 0 Å². The van der Waals surface area contributed by atoms with Gasteiger partial charge in [0.15, 0.2) is 0 Å². The highest BCUT2D eigenvalue weighted by atomic mass is 16.1. The van der Waals surface area contributed by atoms with Crippen molar-refractivity contribution in [2.45, 2.75) is 39.8 Å². The van der Waals surface area contributed by atoms with Crippen LogP contribution in [0.4, 0.5) is 0 Å². The molecule has 1 amide bonds. The molecule has 0 spiro atoms. The predicted molar refractivity (Wildman–Crippen MR) is 100 cm³/mol. The van der Waals surface area contributed by atoms with E-state index in [1.807, 2.05) is 25.1 Å². The van der Waals surface area contributed by atoms with E-state index in [0.29, 0.717) is 12.2 Å². The molecule has 2 heterocycles. The second kappa shape index (κ2) is 8.26. The summed E-state index contributed by atoms with van der Waals surface area (Å²) in [4.78, 5) is 19.1. The Hall–Kier alpha value is -2.20. The fourth-order valence-corrected chi connectivity index (χ4v) is 3.28. The monoisotopic (exact) mass is 337 g/mol. The van der Waals surface area contributed by atoms with Crippen molar-refractivity contribution in [2.24, 2.45) is 5.92 Å². The molecule has 4 nitrogen and oxygen atoms in total. The molecular formula is C21H27N3O. The van der Waals surface area contributed by atoms with Gasteiger partial charge in [-0.05, 0) is 62.0 Å². The maximum absolute atomic E-state index is 12.3. The molecule has 0 aliphatic carbocycles. The number of rotatable bonds is 5. The summed E-state index contributed by atoms with van der Waals surface area (Å²) < 4.78 is 0. The summed E-state index contributed by atoms with van der Waals surface area (Å²) in [6.07, 6.45) is 2.55. The van der Waals surface area contributed by atoms with Crippen LogP contribution in [0.25, 0.3) is 0 Å². The van der Waals surface area contributed by atoms with Crippen molar-refractivity contribution in [3.63, 3.8) is 0 Å². The van der Waals surface area contributed by atoms with E-state index in [0.717, 1.165) is 31.2 Å². The number of carbonyl (C=O) groups is 1. The van der Waals surface area contributed by atoms with Gasteiger partial charge in [-0.15, -0.1) is 0 Å². The number of nitrogens with one attached hydrogen (secondary N) is 1. The van der Waals surface area contributed by atoms with E-state index in [4.69, 9.17) is 0 Å². The maximum atomic E-state index is 12.3. The number of aryl methyl sites for hydroxylation is 1. The zero-order valence-corrected chi connectivity index (χ0v) is 15.2. The van der Waals surface area contributed by atoms with E-state index in [2.05, 4.69) is 40.3 Å². The standard InChI is InChI=1S/C21H27N3O/c1-16-10-12-24(13-11-16)15-19-8-4-3-7-18(19)14-22-21(25)20-9-5-6-17(2)23-20/h3-9,16H,10-15H2,1-2H3,(H,22,25). The summed E-state index contributed by atoms with van der Waals surface area (Å²) in [6, 6.07) is 13.9. The molecule has 0 radical (unpaired) electrons. The number of carbonyl (C=O) groups excluding carboxylic acids is 1. The molecule has 25 heavy (non-hydrogen) atoms. The lowest BCUT2D eigenvalue weighted by molar-refractivity contribution is 0.0945. The van der Waals surface area contributed by atoms with Crippen molar-refractivity contribution in [1.82, 2.24) is 15.2 Å². The Morgan fingerprint density at radius 3 is 2.56 bits per heavy atom. The highest BCUT2D eigenvalue weighted by molar-refractivity contribution is 5.92. The van der Waals surface area contributed by atoms with Crippen LogP contribution in [0.1, 0.15) is 47.1 Å². The van der Waals surface area contributed by atoms with Crippen LogP contribution in [0.15, 0.2) is 42.5 Å². The molecule has 1 aliphatic heterocycles. The second-order valence-corrected chi connectivity index (χ2v) is 7.07. The molecule has 0 bridgehead atoms. The molecule has 1 N–H and O–H groups in total. The lowest BCUT2D eigenvalue weighted by Gasteiger charge is -2.30. The first kappa shape index (κ1) is 17.6. The first-order chi connectivity index (χ1) is 12.1. The SMILES string of the molecule is Cc1cccc(C(=O)NCc2ccccc2CN2CCC(C)CC2)n1. The summed E-state index contributed by atoms with van der Waals surface area (Å²) in [5, 5.41) is 3.01. The van der Waals surface area contributed by atoms with Crippen molar-refractivity contribution in [1.29, 1.82) is 0 Å². The molecular weight excluding hydrogens is 310 g/mol. The molecule has 132 valence electrons. The largest absolute Gasteiger partial charge is 0.347 e. The van der Waals surface area contributed by atoms with Crippen molar-refractivity contribution in [2.75, 3.05) is 13.1 Å². The van der Waals surface area contributed by atoms with Crippen LogP contribution in [0, 0.1) is 12.8 Å². The Morgan fingerprint density at radius 2 is 1.84 bits per heavy atom. The highest BCUT2D eigenvalue weighted by Crippen LogP contribution is 2.19. The maximum Gasteiger partial charge on any atom is 0.270 e. The molecule has 1 aliphatic rings. The number of nitrogens with zero attached hydrogens (tertiary/aromatic N) is 2.